The second kappa shape index (κ2) is 6.86. The first-order valence-corrected chi connectivity index (χ1v) is 8.33. The van der Waals surface area contributed by atoms with Crippen LogP contribution in [0.25, 0.3) is 0 Å². The molecule has 1 heterocycles. The molecule has 0 spiro atoms. The fourth-order valence-electron chi connectivity index (χ4n) is 3.02. The van der Waals surface area contributed by atoms with Gasteiger partial charge in [-0.05, 0) is 62.1 Å². The van der Waals surface area contributed by atoms with Crippen LogP contribution in [-0.4, -0.2) is 23.9 Å². The van der Waals surface area contributed by atoms with E-state index in [0.717, 1.165) is 43.7 Å². The normalized spacial score (nSPS) is 14.1. The number of carbonyl (C=O) groups is 1. The molecule has 0 atom stereocenters. The lowest BCUT2D eigenvalue weighted by atomic mass is 10.1. The summed E-state index contributed by atoms with van der Waals surface area (Å²) >= 11 is 0. The van der Waals surface area contributed by atoms with E-state index in [-0.39, 0.29) is 5.91 Å². The van der Waals surface area contributed by atoms with E-state index in [1.165, 1.54) is 16.7 Å². The Kier molecular flexibility index (Phi) is 4.65. The van der Waals surface area contributed by atoms with Crippen LogP contribution in [0.15, 0.2) is 42.5 Å². The van der Waals surface area contributed by atoms with Gasteiger partial charge in [-0.15, -0.1) is 0 Å². The van der Waals surface area contributed by atoms with Crippen LogP contribution in [0.2, 0.25) is 0 Å². The molecule has 3 heteroatoms. The van der Waals surface area contributed by atoms with Gasteiger partial charge in [0.05, 0.1) is 0 Å². The minimum atomic E-state index is 0.156. The van der Waals surface area contributed by atoms with Crippen molar-refractivity contribution in [3.05, 3.63) is 64.7 Å². The SMILES string of the molecule is Cc1ccc(C)c(CNc2ccc(C(=O)N3CCCC3)cc2)c1. The lowest BCUT2D eigenvalue weighted by molar-refractivity contribution is 0.0793. The molecule has 1 fully saturated rings. The molecule has 0 aromatic heterocycles. The fourth-order valence-corrected chi connectivity index (χ4v) is 3.02. The lowest BCUT2D eigenvalue weighted by Gasteiger charge is -2.15. The number of carbonyl (C=O) groups excluding carboxylic acids is 1. The van der Waals surface area contributed by atoms with Crippen molar-refractivity contribution in [3.63, 3.8) is 0 Å². The van der Waals surface area contributed by atoms with E-state index in [1.807, 2.05) is 29.2 Å². The van der Waals surface area contributed by atoms with E-state index in [1.54, 1.807) is 0 Å². The first-order valence-electron chi connectivity index (χ1n) is 8.33. The third kappa shape index (κ3) is 3.73. The van der Waals surface area contributed by atoms with Crippen molar-refractivity contribution in [2.75, 3.05) is 18.4 Å². The number of anilines is 1. The monoisotopic (exact) mass is 308 g/mol. The van der Waals surface area contributed by atoms with E-state index < -0.39 is 0 Å². The van der Waals surface area contributed by atoms with Crippen molar-refractivity contribution in [1.82, 2.24) is 4.90 Å². The summed E-state index contributed by atoms with van der Waals surface area (Å²) in [6.45, 7) is 6.83. The summed E-state index contributed by atoms with van der Waals surface area (Å²) in [7, 11) is 0. The smallest absolute Gasteiger partial charge is 0.253 e. The molecule has 1 saturated heterocycles. The maximum absolute atomic E-state index is 12.3. The van der Waals surface area contributed by atoms with Crippen molar-refractivity contribution in [2.24, 2.45) is 0 Å². The molecule has 0 aliphatic carbocycles. The number of hydrogen-bond donors (Lipinski definition) is 1. The van der Waals surface area contributed by atoms with Crippen LogP contribution < -0.4 is 5.32 Å². The molecular weight excluding hydrogens is 284 g/mol. The van der Waals surface area contributed by atoms with Gasteiger partial charge in [0.1, 0.15) is 0 Å². The number of likely N-dealkylation sites (tertiary alicyclic amines) is 1. The number of nitrogens with zero attached hydrogens (tertiary/aromatic N) is 1. The van der Waals surface area contributed by atoms with Gasteiger partial charge in [-0.1, -0.05) is 23.8 Å². The Morgan fingerprint density at radius 2 is 1.74 bits per heavy atom. The Morgan fingerprint density at radius 3 is 2.43 bits per heavy atom. The number of amides is 1. The van der Waals surface area contributed by atoms with Gasteiger partial charge in [0.2, 0.25) is 0 Å². The van der Waals surface area contributed by atoms with Crippen molar-refractivity contribution < 1.29 is 4.79 Å². The van der Waals surface area contributed by atoms with E-state index in [2.05, 4.69) is 37.4 Å². The molecule has 1 aliphatic rings. The summed E-state index contributed by atoms with van der Waals surface area (Å²) in [6, 6.07) is 14.3. The number of nitrogens with one attached hydrogen (secondary N) is 1. The summed E-state index contributed by atoms with van der Waals surface area (Å²) in [5.74, 6) is 0.156. The molecule has 2 aromatic rings. The molecule has 23 heavy (non-hydrogen) atoms. The topological polar surface area (TPSA) is 32.3 Å². The third-order valence-corrected chi connectivity index (χ3v) is 4.51. The number of hydrogen-bond acceptors (Lipinski definition) is 2. The van der Waals surface area contributed by atoms with Gasteiger partial charge in [-0.2, -0.15) is 0 Å². The maximum Gasteiger partial charge on any atom is 0.253 e. The van der Waals surface area contributed by atoms with Crippen LogP contribution in [0.5, 0.6) is 0 Å². The van der Waals surface area contributed by atoms with E-state index in [0.29, 0.717) is 0 Å². The highest BCUT2D eigenvalue weighted by molar-refractivity contribution is 5.94. The zero-order valence-electron chi connectivity index (χ0n) is 13.9. The van der Waals surface area contributed by atoms with Gasteiger partial charge in [-0.3, -0.25) is 4.79 Å². The standard InChI is InChI=1S/C20H24N2O/c1-15-5-6-16(2)18(13-15)14-21-19-9-7-17(8-10-19)20(23)22-11-3-4-12-22/h5-10,13,21H,3-4,11-12,14H2,1-2H3. The van der Waals surface area contributed by atoms with Gasteiger partial charge in [0, 0.05) is 30.9 Å². The average molecular weight is 308 g/mol. The van der Waals surface area contributed by atoms with Crippen molar-refractivity contribution >= 4 is 11.6 Å². The quantitative estimate of drug-likeness (QED) is 0.920. The second-order valence-electron chi connectivity index (χ2n) is 6.36. The summed E-state index contributed by atoms with van der Waals surface area (Å²) in [6.07, 6.45) is 2.25. The van der Waals surface area contributed by atoms with Gasteiger partial charge >= 0.3 is 0 Å². The molecule has 2 aromatic carbocycles. The minimum Gasteiger partial charge on any atom is -0.381 e. The highest BCUT2D eigenvalue weighted by atomic mass is 16.2. The van der Waals surface area contributed by atoms with Crippen LogP contribution in [0.3, 0.4) is 0 Å². The first kappa shape index (κ1) is 15.6. The van der Waals surface area contributed by atoms with E-state index in [4.69, 9.17) is 0 Å². The Morgan fingerprint density at radius 1 is 1.04 bits per heavy atom. The average Bonchev–Trinajstić information content (AvgIpc) is 3.10. The van der Waals surface area contributed by atoms with Crippen molar-refractivity contribution in [2.45, 2.75) is 33.2 Å². The van der Waals surface area contributed by atoms with Gasteiger partial charge in [0.15, 0.2) is 0 Å². The Hall–Kier alpha value is -2.29. The largest absolute Gasteiger partial charge is 0.381 e. The summed E-state index contributed by atoms with van der Waals surface area (Å²) in [4.78, 5) is 14.3. The lowest BCUT2D eigenvalue weighted by Crippen LogP contribution is -2.27. The Bertz CT molecular complexity index is 685. The highest BCUT2D eigenvalue weighted by Gasteiger charge is 2.19. The predicted molar refractivity (Wildman–Crippen MR) is 94.8 cm³/mol. The van der Waals surface area contributed by atoms with Crippen molar-refractivity contribution in [1.29, 1.82) is 0 Å². The molecule has 0 bridgehead atoms. The molecule has 3 rings (SSSR count). The van der Waals surface area contributed by atoms with Crippen LogP contribution in [0.1, 0.15) is 39.9 Å². The molecule has 0 saturated carbocycles. The summed E-state index contributed by atoms with van der Waals surface area (Å²) < 4.78 is 0. The van der Waals surface area contributed by atoms with Crippen LogP contribution >= 0.6 is 0 Å². The molecule has 1 amide bonds. The Labute approximate surface area is 138 Å². The molecule has 1 aliphatic heterocycles. The van der Waals surface area contributed by atoms with Gasteiger partial charge < -0.3 is 10.2 Å². The van der Waals surface area contributed by atoms with Crippen LogP contribution in [0.4, 0.5) is 5.69 Å². The Balaban J connectivity index is 1.63. The molecule has 0 unspecified atom stereocenters. The first-order chi connectivity index (χ1) is 11.1. The van der Waals surface area contributed by atoms with Crippen LogP contribution in [0, 0.1) is 13.8 Å². The number of benzene rings is 2. The molecule has 0 radical (unpaired) electrons. The summed E-state index contributed by atoms with van der Waals surface area (Å²) in [5.41, 5.74) is 5.71. The third-order valence-electron chi connectivity index (χ3n) is 4.51. The summed E-state index contributed by atoms with van der Waals surface area (Å²) in [5, 5.41) is 3.44. The molecular formula is C20H24N2O. The van der Waals surface area contributed by atoms with E-state index >= 15 is 0 Å². The zero-order valence-corrected chi connectivity index (χ0v) is 13.9. The van der Waals surface area contributed by atoms with Crippen molar-refractivity contribution in [3.8, 4) is 0 Å². The van der Waals surface area contributed by atoms with Gasteiger partial charge in [-0.25, -0.2) is 0 Å². The zero-order chi connectivity index (χ0) is 16.2. The second-order valence-corrected chi connectivity index (χ2v) is 6.36. The minimum absolute atomic E-state index is 0.156. The molecule has 120 valence electrons. The molecule has 1 N–H and O–H groups in total. The maximum atomic E-state index is 12.3. The van der Waals surface area contributed by atoms with Crippen LogP contribution in [-0.2, 0) is 6.54 Å². The van der Waals surface area contributed by atoms with E-state index in [9.17, 15) is 4.79 Å². The number of rotatable bonds is 4. The van der Waals surface area contributed by atoms with Gasteiger partial charge in [0.25, 0.3) is 5.91 Å². The predicted octanol–water partition coefficient (Wildman–Crippen LogP) is 4.15. The number of aryl methyl sites for hydroxylation is 2. The fraction of sp³-hybridized carbons (Fsp3) is 0.350. The highest BCUT2D eigenvalue weighted by Crippen LogP contribution is 2.17. The molecule has 3 nitrogen and oxygen atoms in total.